The second kappa shape index (κ2) is 5.94. The number of hydrogen-bond acceptors (Lipinski definition) is 5. The van der Waals surface area contributed by atoms with Crippen LogP contribution in [0.1, 0.15) is 35.2 Å². The van der Waals surface area contributed by atoms with Gasteiger partial charge in [-0.15, -0.1) is 0 Å². The maximum absolute atomic E-state index is 12.4. The fourth-order valence-corrected chi connectivity index (χ4v) is 2.65. The minimum atomic E-state index is -0.321. The Morgan fingerprint density at radius 1 is 1.40 bits per heavy atom. The first-order valence-corrected chi connectivity index (χ1v) is 6.58. The molecule has 108 valence electrons. The quantitative estimate of drug-likeness (QED) is 0.854. The van der Waals surface area contributed by atoms with E-state index in [1.54, 1.807) is 13.2 Å². The Kier molecular flexibility index (Phi) is 4.27. The molecule has 0 amide bonds. The van der Waals surface area contributed by atoms with E-state index in [4.69, 9.17) is 4.74 Å². The molecule has 0 aromatic heterocycles. The van der Waals surface area contributed by atoms with Gasteiger partial charge in [-0.05, 0) is 31.4 Å². The molecule has 1 aromatic rings. The SMILES string of the molecule is COC(=O)CC[C@@H]1CCc2c(OC)ccc(O)c2C1=O. The molecule has 0 fully saturated rings. The number of esters is 1. The topological polar surface area (TPSA) is 72.8 Å². The van der Waals surface area contributed by atoms with Crippen molar-refractivity contribution < 1.29 is 24.2 Å². The van der Waals surface area contributed by atoms with E-state index in [9.17, 15) is 14.7 Å². The van der Waals surface area contributed by atoms with Crippen LogP contribution in [-0.4, -0.2) is 31.1 Å². The highest BCUT2D eigenvalue weighted by molar-refractivity contribution is 6.03. The Morgan fingerprint density at radius 2 is 2.15 bits per heavy atom. The standard InChI is InChI=1S/C15H18O5/c1-19-12-7-6-11(16)14-10(12)5-3-9(15(14)18)4-8-13(17)20-2/h6-7,9,16H,3-5,8H2,1-2H3/t9-/m0/s1. The molecule has 0 radical (unpaired) electrons. The van der Waals surface area contributed by atoms with Gasteiger partial charge in [-0.3, -0.25) is 9.59 Å². The van der Waals surface area contributed by atoms with E-state index >= 15 is 0 Å². The zero-order valence-corrected chi connectivity index (χ0v) is 11.6. The summed E-state index contributed by atoms with van der Waals surface area (Å²) < 4.78 is 9.82. The van der Waals surface area contributed by atoms with Crippen LogP contribution in [-0.2, 0) is 16.0 Å². The Balaban J connectivity index is 2.23. The lowest BCUT2D eigenvalue weighted by Gasteiger charge is -2.25. The van der Waals surface area contributed by atoms with Crippen molar-refractivity contribution in [1.29, 1.82) is 0 Å². The monoisotopic (exact) mass is 278 g/mol. The molecule has 1 aliphatic carbocycles. The Labute approximate surface area is 117 Å². The van der Waals surface area contributed by atoms with Gasteiger partial charge in [0, 0.05) is 17.9 Å². The van der Waals surface area contributed by atoms with Crippen molar-refractivity contribution in [2.24, 2.45) is 5.92 Å². The summed E-state index contributed by atoms with van der Waals surface area (Å²) in [6.07, 6.45) is 1.97. The number of phenols is 1. The lowest BCUT2D eigenvalue weighted by atomic mass is 9.79. The van der Waals surface area contributed by atoms with Crippen molar-refractivity contribution in [2.45, 2.75) is 25.7 Å². The van der Waals surface area contributed by atoms with Crippen LogP contribution < -0.4 is 4.74 Å². The third-order valence-electron chi connectivity index (χ3n) is 3.75. The number of hydrogen-bond donors (Lipinski definition) is 1. The molecule has 0 heterocycles. The summed E-state index contributed by atoms with van der Waals surface area (Å²) in [5, 5.41) is 9.92. The van der Waals surface area contributed by atoms with E-state index in [1.165, 1.54) is 13.2 Å². The number of phenolic OH excluding ortho intramolecular Hbond substituents is 1. The van der Waals surface area contributed by atoms with Crippen LogP contribution in [0.4, 0.5) is 0 Å². The summed E-state index contributed by atoms with van der Waals surface area (Å²) in [7, 11) is 2.87. The molecule has 1 N–H and O–H groups in total. The number of Topliss-reactive ketones (excluding diaryl/α,β-unsaturated/α-hetero) is 1. The van der Waals surface area contributed by atoms with Crippen molar-refractivity contribution in [3.8, 4) is 11.5 Å². The predicted molar refractivity (Wildman–Crippen MR) is 72.1 cm³/mol. The third-order valence-corrected chi connectivity index (χ3v) is 3.75. The highest BCUT2D eigenvalue weighted by atomic mass is 16.5. The van der Waals surface area contributed by atoms with Gasteiger partial charge in [0.1, 0.15) is 11.5 Å². The molecule has 1 aromatic carbocycles. The highest BCUT2D eigenvalue weighted by Crippen LogP contribution is 2.38. The lowest BCUT2D eigenvalue weighted by Crippen LogP contribution is -2.24. The molecule has 0 aliphatic heterocycles. The molecule has 0 saturated heterocycles. The number of rotatable bonds is 4. The van der Waals surface area contributed by atoms with Crippen LogP contribution in [0, 0.1) is 5.92 Å². The molecule has 1 aliphatic rings. The summed E-state index contributed by atoms with van der Waals surface area (Å²) in [4.78, 5) is 23.6. The van der Waals surface area contributed by atoms with Gasteiger partial charge < -0.3 is 14.6 Å². The summed E-state index contributed by atoms with van der Waals surface area (Å²) in [6.45, 7) is 0. The molecule has 20 heavy (non-hydrogen) atoms. The van der Waals surface area contributed by atoms with Crippen molar-refractivity contribution >= 4 is 11.8 Å². The molecule has 5 heteroatoms. The molecule has 0 bridgehead atoms. The largest absolute Gasteiger partial charge is 0.507 e. The number of ketones is 1. The fraction of sp³-hybridized carbons (Fsp3) is 0.467. The first kappa shape index (κ1) is 14.4. The lowest BCUT2D eigenvalue weighted by molar-refractivity contribution is -0.140. The number of carbonyl (C=O) groups excluding carboxylic acids is 2. The molecule has 0 spiro atoms. The van der Waals surface area contributed by atoms with Crippen LogP contribution in [0.5, 0.6) is 11.5 Å². The van der Waals surface area contributed by atoms with Crippen LogP contribution in [0.2, 0.25) is 0 Å². The minimum absolute atomic E-state index is 0.0198. The van der Waals surface area contributed by atoms with Crippen molar-refractivity contribution in [1.82, 2.24) is 0 Å². The molecule has 2 rings (SSSR count). The second-order valence-electron chi connectivity index (χ2n) is 4.86. The van der Waals surface area contributed by atoms with E-state index < -0.39 is 0 Å². The molecular formula is C15H18O5. The van der Waals surface area contributed by atoms with E-state index in [1.807, 2.05) is 0 Å². The number of fused-ring (bicyclic) bond motifs is 1. The van der Waals surface area contributed by atoms with Crippen molar-refractivity contribution in [2.75, 3.05) is 14.2 Å². The number of aromatic hydroxyl groups is 1. The Hall–Kier alpha value is -2.04. The molecule has 1 atom stereocenters. The molecule has 5 nitrogen and oxygen atoms in total. The van der Waals surface area contributed by atoms with Crippen LogP contribution in [0.3, 0.4) is 0 Å². The normalized spacial score (nSPS) is 17.5. The van der Waals surface area contributed by atoms with E-state index in [-0.39, 0.29) is 29.8 Å². The predicted octanol–water partition coefficient (Wildman–Crippen LogP) is 2.10. The summed E-state index contributed by atoms with van der Waals surface area (Å²) in [5.41, 5.74) is 1.09. The van der Waals surface area contributed by atoms with Gasteiger partial charge in [-0.2, -0.15) is 0 Å². The smallest absolute Gasteiger partial charge is 0.305 e. The van der Waals surface area contributed by atoms with Gasteiger partial charge in [0.05, 0.1) is 19.8 Å². The maximum atomic E-state index is 12.4. The van der Waals surface area contributed by atoms with Crippen molar-refractivity contribution in [3.63, 3.8) is 0 Å². The van der Waals surface area contributed by atoms with E-state index in [0.29, 0.717) is 30.6 Å². The number of benzene rings is 1. The van der Waals surface area contributed by atoms with Gasteiger partial charge in [0.15, 0.2) is 5.78 Å². The van der Waals surface area contributed by atoms with Gasteiger partial charge in [-0.1, -0.05) is 0 Å². The van der Waals surface area contributed by atoms with Crippen LogP contribution >= 0.6 is 0 Å². The molecule has 0 unspecified atom stereocenters. The zero-order valence-electron chi connectivity index (χ0n) is 11.6. The van der Waals surface area contributed by atoms with Crippen molar-refractivity contribution in [3.05, 3.63) is 23.3 Å². The van der Waals surface area contributed by atoms with Gasteiger partial charge >= 0.3 is 5.97 Å². The average Bonchev–Trinajstić information content (AvgIpc) is 2.46. The zero-order chi connectivity index (χ0) is 14.7. The van der Waals surface area contributed by atoms with Crippen LogP contribution in [0.15, 0.2) is 12.1 Å². The van der Waals surface area contributed by atoms with Gasteiger partial charge in [0.2, 0.25) is 0 Å². The number of carbonyl (C=O) groups is 2. The summed E-state index contributed by atoms with van der Waals surface area (Å²) >= 11 is 0. The Bertz CT molecular complexity index is 535. The number of methoxy groups -OCH3 is 2. The average molecular weight is 278 g/mol. The first-order chi connectivity index (χ1) is 9.58. The summed E-state index contributed by atoms with van der Waals surface area (Å²) in [5.74, 6) is -0.0873. The third kappa shape index (κ3) is 2.61. The number of ether oxygens (including phenoxy) is 2. The van der Waals surface area contributed by atoms with Gasteiger partial charge in [-0.25, -0.2) is 0 Å². The maximum Gasteiger partial charge on any atom is 0.305 e. The molecule has 0 saturated carbocycles. The van der Waals surface area contributed by atoms with E-state index in [2.05, 4.69) is 4.74 Å². The van der Waals surface area contributed by atoms with E-state index in [0.717, 1.165) is 5.56 Å². The summed E-state index contributed by atoms with van der Waals surface area (Å²) in [6, 6.07) is 3.13. The van der Waals surface area contributed by atoms with Crippen LogP contribution in [0.25, 0.3) is 0 Å². The molecular weight excluding hydrogens is 260 g/mol. The highest BCUT2D eigenvalue weighted by Gasteiger charge is 2.32. The first-order valence-electron chi connectivity index (χ1n) is 6.58. The minimum Gasteiger partial charge on any atom is -0.507 e. The fourth-order valence-electron chi connectivity index (χ4n) is 2.65. The van der Waals surface area contributed by atoms with Gasteiger partial charge in [0.25, 0.3) is 0 Å². The Morgan fingerprint density at radius 3 is 2.80 bits per heavy atom. The second-order valence-corrected chi connectivity index (χ2v) is 4.86.